The van der Waals surface area contributed by atoms with Gasteiger partial charge < -0.3 is 31.8 Å². The largest absolute Gasteiger partial charge is 0.405 e. The number of aromatic nitrogens is 3. The lowest BCUT2D eigenvalue weighted by atomic mass is 9.61. The van der Waals surface area contributed by atoms with Gasteiger partial charge in [0.05, 0.1) is 23.3 Å². The van der Waals surface area contributed by atoms with E-state index in [1.807, 2.05) is 0 Å². The number of benzene rings is 1. The number of hydrogen-bond donors (Lipinski definition) is 6. The van der Waals surface area contributed by atoms with Crippen molar-refractivity contribution in [3.8, 4) is 0 Å². The van der Waals surface area contributed by atoms with Gasteiger partial charge in [0.25, 0.3) is 5.91 Å². The molecular formula is C21H27B2N9O2. The molecule has 4 radical (unpaired) electrons. The van der Waals surface area contributed by atoms with Gasteiger partial charge in [-0.2, -0.15) is 9.61 Å². The van der Waals surface area contributed by atoms with Gasteiger partial charge in [-0.05, 0) is 30.5 Å². The summed E-state index contributed by atoms with van der Waals surface area (Å²) in [6, 6.07) is 4.84. The van der Waals surface area contributed by atoms with Crippen molar-refractivity contribution >= 4 is 55.9 Å². The number of hydrazine groups is 1. The van der Waals surface area contributed by atoms with E-state index in [2.05, 4.69) is 26.0 Å². The summed E-state index contributed by atoms with van der Waals surface area (Å²) >= 11 is 0. The first kappa shape index (κ1) is 23.7. The number of rotatable bonds is 7. The Kier molecular flexibility index (Phi) is 6.32. The lowest BCUT2D eigenvalue weighted by Crippen LogP contribution is -2.32. The summed E-state index contributed by atoms with van der Waals surface area (Å²) in [5.41, 5.74) is 8.15. The van der Waals surface area contributed by atoms with Crippen LogP contribution in [-0.2, 0) is 5.40 Å². The number of carbonyl (C=O) groups excluding carboxylic acids is 1. The summed E-state index contributed by atoms with van der Waals surface area (Å²) in [6.45, 7) is 0. The van der Waals surface area contributed by atoms with E-state index in [9.17, 15) is 9.90 Å². The smallest absolute Gasteiger partial charge is 0.256 e. The number of nitrogens with two attached hydrogens (primary N) is 2. The third kappa shape index (κ3) is 4.61. The maximum atomic E-state index is 12.9. The third-order valence-corrected chi connectivity index (χ3v) is 5.88. The monoisotopic (exact) mass is 459 g/mol. The number of hydrogen-bond acceptors (Lipinski definition) is 9. The van der Waals surface area contributed by atoms with Gasteiger partial charge in [-0.25, -0.2) is 10.8 Å². The van der Waals surface area contributed by atoms with E-state index in [0.717, 1.165) is 25.7 Å². The van der Waals surface area contributed by atoms with Crippen LogP contribution in [0.2, 0.25) is 0 Å². The van der Waals surface area contributed by atoms with E-state index in [4.69, 9.17) is 27.3 Å². The summed E-state index contributed by atoms with van der Waals surface area (Å²) in [7, 11) is 14.7. The van der Waals surface area contributed by atoms with Crippen LogP contribution in [0.15, 0.2) is 24.4 Å². The van der Waals surface area contributed by atoms with Crippen molar-refractivity contribution in [3.05, 3.63) is 35.5 Å². The van der Waals surface area contributed by atoms with Crippen LogP contribution < -0.4 is 32.5 Å². The summed E-state index contributed by atoms with van der Waals surface area (Å²) in [4.78, 5) is 17.6. The van der Waals surface area contributed by atoms with Crippen LogP contribution in [0.5, 0.6) is 0 Å². The Morgan fingerprint density at radius 2 is 2.00 bits per heavy atom. The molecule has 0 atom stereocenters. The molecule has 0 bridgehead atoms. The zero-order chi connectivity index (χ0) is 24.6. The van der Waals surface area contributed by atoms with E-state index < -0.39 is 5.40 Å². The van der Waals surface area contributed by atoms with Gasteiger partial charge in [0.1, 0.15) is 32.9 Å². The number of anilines is 5. The van der Waals surface area contributed by atoms with E-state index in [-0.39, 0.29) is 23.2 Å². The van der Waals surface area contributed by atoms with Gasteiger partial charge >= 0.3 is 0 Å². The predicted octanol–water partition coefficient (Wildman–Crippen LogP) is 0.519. The third-order valence-electron chi connectivity index (χ3n) is 5.88. The van der Waals surface area contributed by atoms with Crippen LogP contribution >= 0.6 is 0 Å². The maximum Gasteiger partial charge on any atom is 0.256 e. The van der Waals surface area contributed by atoms with Crippen LogP contribution in [0.25, 0.3) is 5.65 Å². The minimum atomic E-state index is -2.11. The molecule has 2 heterocycles. The first-order valence-electron chi connectivity index (χ1n) is 11.0. The number of amides is 1. The van der Waals surface area contributed by atoms with Crippen molar-refractivity contribution in [3.63, 3.8) is 0 Å². The fraction of sp³-hybridized carbons (Fsp3) is 0.381. The molecule has 1 saturated carbocycles. The number of carbonyl (C=O) groups is 1. The molecule has 3 aromatic rings. The summed E-state index contributed by atoms with van der Waals surface area (Å²) in [5.74, 6) is 6.74. The van der Waals surface area contributed by atoms with Gasteiger partial charge in [-0.15, -0.1) is 0 Å². The van der Waals surface area contributed by atoms with Crippen molar-refractivity contribution in [2.24, 2.45) is 5.84 Å². The molecule has 0 aliphatic heterocycles. The number of nitrogen functional groups attached to an aromatic ring is 1. The number of nitrogens with zero attached hydrogens (tertiary/aromatic N) is 4. The van der Waals surface area contributed by atoms with Crippen LogP contribution in [0.3, 0.4) is 0 Å². The highest BCUT2D eigenvalue weighted by Gasteiger charge is 2.23. The molecule has 0 spiro atoms. The van der Waals surface area contributed by atoms with Gasteiger partial charge in [-0.3, -0.25) is 4.79 Å². The number of aliphatic hydroxyl groups is 1. The average Bonchev–Trinajstić information content (AvgIpc) is 3.41. The molecule has 4 rings (SSSR count). The zero-order valence-corrected chi connectivity index (χ0v) is 19.2. The molecule has 0 unspecified atom stereocenters. The molecular weight excluding hydrogens is 432 g/mol. The predicted molar refractivity (Wildman–Crippen MR) is 134 cm³/mol. The Morgan fingerprint density at radius 3 is 2.62 bits per heavy atom. The molecule has 11 nitrogen and oxygen atoms in total. The Labute approximate surface area is 200 Å². The molecule has 2 aromatic heterocycles. The fourth-order valence-corrected chi connectivity index (χ4v) is 4.21. The SMILES string of the molecule is [B]C([B])(O)c1cc(N)c(N(C)N)c(Nc2cc(NC)n3ncc(C(=O)NC4CCCC4)c3n2)c1. The van der Waals surface area contributed by atoms with Gasteiger partial charge in [0.15, 0.2) is 5.65 Å². The highest BCUT2D eigenvalue weighted by atomic mass is 16.3. The molecule has 1 aromatic carbocycles. The van der Waals surface area contributed by atoms with Crippen LogP contribution in [-0.4, -0.2) is 61.4 Å². The van der Waals surface area contributed by atoms with Crippen LogP contribution in [0.4, 0.5) is 28.7 Å². The standard InChI is InChI=1S/C21H27B2N9O2/c1-26-17-9-16(29-15-8-11(21(22,23)34)7-14(24)18(15)31(2)25)30-19-13(10-27-32(17)19)20(33)28-12-5-3-4-6-12/h7-10,12,26,34H,3-6,24-25H2,1-2H3,(H,28,33)(H,29,30). The fourth-order valence-electron chi connectivity index (χ4n) is 4.21. The summed E-state index contributed by atoms with van der Waals surface area (Å²) in [5, 5.41) is 22.9. The minimum absolute atomic E-state index is 0.159. The number of fused-ring (bicyclic) bond motifs is 1. The van der Waals surface area contributed by atoms with Crippen LogP contribution in [0, 0.1) is 0 Å². The molecule has 1 aliphatic rings. The molecule has 1 amide bonds. The molecule has 34 heavy (non-hydrogen) atoms. The van der Waals surface area contributed by atoms with Gasteiger partial charge in [0, 0.05) is 31.6 Å². The van der Waals surface area contributed by atoms with Crippen molar-refractivity contribution in [1.29, 1.82) is 0 Å². The van der Waals surface area contributed by atoms with Gasteiger partial charge in [0.2, 0.25) is 0 Å². The first-order chi connectivity index (χ1) is 16.1. The van der Waals surface area contributed by atoms with Gasteiger partial charge in [-0.1, -0.05) is 12.8 Å². The Bertz CT molecular complexity index is 1220. The summed E-state index contributed by atoms with van der Waals surface area (Å²) < 4.78 is 1.55. The maximum absolute atomic E-state index is 12.9. The Hall–Kier alpha value is -3.44. The molecule has 13 heteroatoms. The Morgan fingerprint density at radius 1 is 1.29 bits per heavy atom. The van der Waals surface area contributed by atoms with Crippen molar-refractivity contribution < 1.29 is 9.90 Å². The topological polar surface area (TPSA) is 159 Å². The molecule has 0 saturated heterocycles. The van der Waals surface area contributed by atoms with E-state index in [1.165, 1.54) is 23.3 Å². The highest BCUT2D eigenvalue weighted by molar-refractivity contribution is 6.38. The van der Waals surface area contributed by atoms with E-state index >= 15 is 0 Å². The second-order valence-corrected chi connectivity index (χ2v) is 8.55. The second kappa shape index (κ2) is 9.07. The molecule has 8 N–H and O–H groups in total. The second-order valence-electron chi connectivity index (χ2n) is 8.55. The first-order valence-corrected chi connectivity index (χ1v) is 11.0. The minimum Gasteiger partial charge on any atom is -0.405 e. The lowest BCUT2D eigenvalue weighted by molar-refractivity contribution is 0.0939. The average molecular weight is 459 g/mol. The lowest BCUT2D eigenvalue weighted by Gasteiger charge is -2.26. The highest BCUT2D eigenvalue weighted by Crippen LogP contribution is 2.36. The van der Waals surface area contributed by atoms with Crippen molar-refractivity contribution in [1.82, 2.24) is 19.9 Å². The molecule has 1 aliphatic carbocycles. The van der Waals surface area contributed by atoms with Crippen LogP contribution in [0.1, 0.15) is 41.6 Å². The Balaban J connectivity index is 1.76. The summed E-state index contributed by atoms with van der Waals surface area (Å²) in [6.07, 6.45) is 5.65. The number of nitrogens with one attached hydrogen (secondary N) is 3. The molecule has 1 fully saturated rings. The normalized spacial score (nSPS) is 14.4. The quantitative estimate of drug-likeness (QED) is 0.128. The molecule has 174 valence electrons. The van der Waals surface area contributed by atoms with E-state index in [1.54, 1.807) is 24.7 Å². The zero-order valence-electron chi connectivity index (χ0n) is 19.2. The van der Waals surface area contributed by atoms with Crippen molar-refractivity contribution in [2.75, 3.05) is 35.5 Å². The van der Waals surface area contributed by atoms with Crippen molar-refractivity contribution in [2.45, 2.75) is 37.1 Å². The van der Waals surface area contributed by atoms with E-state index in [0.29, 0.717) is 34.2 Å².